The minimum Gasteiger partial charge on any atom is -1.00 e. The Morgan fingerprint density at radius 3 is 2.54 bits per heavy atom. The van der Waals surface area contributed by atoms with Crippen molar-refractivity contribution in [3.63, 3.8) is 0 Å². The minimum atomic E-state index is -1.45. The molecule has 0 fully saturated rings. The molecule has 0 amide bonds. The number of fused-ring (bicyclic) bond motifs is 1. The van der Waals surface area contributed by atoms with E-state index in [1.165, 1.54) is 21.9 Å². The van der Waals surface area contributed by atoms with Gasteiger partial charge in [-0.1, -0.05) is 54.7 Å². The first-order valence-corrected chi connectivity index (χ1v) is 11.0. The molecule has 0 unspecified atom stereocenters. The van der Waals surface area contributed by atoms with E-state index in [1.807, 2.05) is 0 Å². The van der Waals surface area contributed by atoms with E-state index in [9.17, 15) is 0 Å². The summed E-state index contributed by atoms with van der Waals surface area (Å²) in [5, 5.41) is 13.4. The van der Waals surface area contributed by atoms with E-state index in [0.29, 0.717) is 6.61 Å². The quantitative estimate of drug-likeness (QED) is 0.447. The summed E-state index contributed by atoms with van der Waals surface area (Å²) in [5.74, 6) is 0. The topological polar surface area (TPSA) is 20.2 Å². The third kappa shape index (κ3) is 4.99. The van der Waals surface area contributed by atoms with Gasteiger partial charge in [0.2, 0.25) is 0 Å². The zero-order valence-corrected chi connectivity index (χ0v) is 19.1. The van der Waals surface area contributed by atoms with Crippen molar-refractivity contribution in [1.82, 2.24) is 0 Å². The largest absolute Gasteiger partial charge is 3.00 e. The van der Waals surface area contributed by atoms with Crippen molar-refractivity contribution in [2.24, 2.45) is 0 Å². The van der Waals surface area contributed by atoms with Crippen molar-refractivity contribution in [2.75, 3.05) is 6.61 Å². The van der Waals surface area contributed by atoms with Gasteiger partial charge in [-0.15, -0.1) is 40.1 Å². The molecule has 127 valence electrons. The van der Waals surface area contributed by atoms with E-state index in [4.69, 9.17) is 5.11 Å². The molecule has 3 rings (SSSR count). The van der Waals surface area contributed by atoms with Crippen LogP contribution in [0.2, 0.25) is 19.1 Å². The SMILES string of the molecule is C[Si](C)(CCCO)C1=C(c2cc3ccccc3[cH-]2)CC=C1.[Cl-].[Cl-].[Zr+3]. The van der Waals surface area contributed by atoms with Gasteiger partial charge in [-0.3, -0.25) is 0 Å². The minimum absolute atomic E-state index is 0. The fourth-order valence-corrected chi connectivity index (χ4v) is 6.34. The number of hydrogen-bond donors (Lipinski definition) is 1. The zero-order valence-electron chi connectivity index (χ0n) is 14.2. The number of aliphatic hydroxyl groups excluding tert-OH is 1. The first kappa shape index (κ1) is 23.9. The van der Waals surface area contributed by atoms with Crippen LogP contribution in [0.15, 0.2) is 53.7 Å². The van der Waals surface area contributed by atoms with Crippen LogP contribution in [-0.4, -0.2) is 19.8 Å². The molecule has 24 heavy (non-hydrogen) atoms. The summed E-state index contributed by atoms with van der Waals surface area (Å²) in [7, 11) is -1.45. The van der Waals surface area contributed by atoms with Gasteiger partial charge in [0.05, 0.1) is 8.07 Å². The van der Waals surface area contributed by atoms with Gasteiger partial charge < -0.3 is 29.9 Å². The van der Waals surface area contributed by atoms with Crippen LogP contribution >= 0.6 is 0 Å². The Kier molecular flexibility index (Phi) is 10.2. The molecule has 0 saturated carbocycles. The van der Waals surface area contributed by atoms with Crippen LogP contribution in [-0.2, 0) is 26.2 Å². The third-order valence-corrected chi connectivity index (χ3v) is 8.12. The predicted octanol–water partition coefficient (Wildman–Crippen LogP) is -1.09. The summed E-state index contributed by atoms with van der Waals surface area (Å²) in [6.45, 7) is 5.16. The van der Waals surface area contributed by atoms with Gasteiger partial charge in [-0.05, 0) is 12.8 Å². The molecule has 2 aromatic rings. The summed E-state index contributed by atoms with van der Waals surface area (Å²) >= 11 is 0. The fourth-order valence-electron chi connectivity index (χ4n) is 3.39. The molecule has 0 aliphatic heterocycles. The third-order valence-electron chi connectivity index (χ3n) is 4.59. The van der Waals surface area contributed by atoms with Crippen LogP contribution in [0.25, 0.3) is 16.3 Å². The molecule has 1 N–H and O–H groups in total. The second-order valence-corrected chi connectivity index (χ2v) is 11.4. The van der Waals surface area contributed by atoms with Crippen molar-refractivity contribution < 1.29 is 56.1 Å². The Morgan fingerprint density at radius 2 is 1.88 bits per heavy atom. The molecule has 1 aliphatic rings. The first-order chi connectivity index (χ1) is 10.1. The van der Waals surface area contributed by atoms with Gasteiger partial charge in [0.1, 0.15) is 0 Å². The van der Waals surface area contributed by atoms with Gasteiger partial charge in [0.15, 0.2) is 0 Å². The normalized spacial score (nSPS) is 13.5. The van der Waals surface area contributed by atoms with Gasteiger partial charge in [-0.25, -0.2) is 0 Å². The molecule has 0 aromatic heterocycles. The fraction of sp³-hybridized carbons (Fsp3) is 0.316. The number of aliphatic hydroxyl groups is 1. The predicted molar refractivity (Wildman–Crippen MR) is 94.2 cm³/mol. The van der Waals surface area contributed by atoms with Crippen molar-refractivity contribution >= 4 is 24.4 Å². The summed E-state index contributed by atoms with van der Waals surface area (Å²) in [4.78, 5) is 0. The van der Waals surface area contributed by atoms with Gasteiger partial charge in [0.25, 0.3) is 0 Å². The van der Waals surface area contributed by atoms with Crippen LogP contribution in [0.5, 0.6) is 0 Å². The van der Waals surface area contributed by atoms with Crippen LogP contribution in [0, 0.1) is 0 Å². The Bertz CT molecular complexity index is 686. The maximum Gasteiger partial charge on any atom is 3.00 e. The smallest absolute Gasteiger partial charge is 1.00 e. The number of hydrogen-bond acceptors (Lipinski definition) is 1. The molecule has 0 spiro atoms. The van der Waals surface area contributed by atoms with Crippen LogP contribution in [0.4, 0.5) is 0 Å². The molecule has 1 radical (unpaired) electrons. The van der Waals surface area contributed by atoms with Gasteiger partial charge in [0, 0.05) is 6.61 Å². The van der Waals surface area contributed by atoms with E-state index in [0.717, 1.165) is 18.9 Å². The van der Waals surface area contributed by atoms with Crippen LogP contribution in [0.3, 0.4) is 0 Å². The number of rotatable bonds is 5. The van der Waals surface area contributed by atoms with Gasteiger partial charge >= 0.3 is 26.2 Å². The number of benzene rings is 1. The Labute approximate surface area is 177 Å². The second kappa shape index (κ2) is 10.2. The van der Waals surface area contributed by atoms with Gasteiger partial charge in [-0.2, -0.15) is 0 Å². The molecule has 2 aromatic carbocycles. The monoisotopic (exact) mass is 455 g/mol. The Balaban J connectivity index is 0.00000176. The summed E-state index contributed by atoms with van der Waals surface area (Å²) in [6.07, 6.45) is 6.63. The molecule has 0 heterocycles. The van der Waals surface area contributed by atoms with Crippen molar-refractivity contribution in [3.05, 3.63) is 59.3 Å². The van der Waals surface area contributed by atoms with E-state index < -0.39 is 8.07 Å². The molecule has 0 bridgehead atoms. The summed E-state index contributed by atoms with van der Waals surface area (Å²) in [5.41, 5.74) is 2.90. The first-order valence-electron chi connectivity index (χ1n) is 7.79. The average Bonchev–Trinajstić information content (AvgIpc) is 3.11. The van der Waals surface area contributed by atoms with Crippen molar-refractivity contribution in [3.8, 4) is 0 Å². The number of halogens is 2. The van der Waals surface area contributed by atoms with Crippen molar-refractivity contribution in [1.29, 1.82) is 0 Å². The maximum absolute atomic E-state index is 9.14. The van der Waals surface area contributed by atoms with Crippen LogP contribution in [0.1, 0.15) is 18.4 Å². The molecule has 0 atom stereocenters. The van der Waals surface area contributed by atoms with E-state index >= 15 is 0 Å². The standard InChI is InChI=1S/C19H23OSi.2ClH.Zr/c1-21(2,12-6-11-20)19-10-5-9-18(19)17-13-15-7-3-4-8-16(15)14-17;;;/h3-5,7-8,10,13-14,20H,6,9,11-12H2,1-2H3;2*1H;/q-1;;;+3/p-2. The average molecular weight is 458 g/mol. The molecular weight excluding hydrogens is 434 g/mol. The Morgan fingerprint density at radius 1 is 1.17 bits per heavy atom. The summed E-state index contributed by atoms with van der Waals surface area (Å²) in [6, 6.07) is 14.4. The zero-order chi connectivity index (χ0) is 14.9. The second-order valence-electron chi connectivity index (χ2n) is 6.58. The molecule has 0 saturated heterocycles. The van der Waals surface area contributed by atoms with E-state index in [2.05, 4.69) is 61.6 Å². The molecule has 5 heteroatoms. The van der Waals surface area contributed by atoms with Crippen LogP contribution < -0.4 is 24.8 Å². The molecule has 1 aliphatic carbocycles. The summed E-state index contributed by atoms with van der Waals surface area (Å²) < 4.78 is 0. The van der Waals surface area contributed by atoms with Crippen molar-refractivity contribution in [2.45, 2.75) is 32.0 Å². The Hall–Kier alpha value is -0.0500. The van der Waals surface area contributed by atoms with E-state index in [-0.39, 0.29) is 51.0 Å². The maximum atomic E-state index is 9.14. The van der Waals surface area contributed by atoms with E-state index in [1.54, 1.807) is 5.20 Å². The molecule has 1 nitrogen and oxygen atoms in total. The number of allylic oxidation sites excluding steroid dienone is 4. The molecular formula is C19H23Cl2OSiZr.